The fraction of sp³-hybridized carbons (Fsp3) is 0.0526. The van der Waals surface area contributed by atoms with Crippen LogP contribution >= 0.6 is 0 Å². The number of pyridine rings is 1. The Labute approximate surface area is 123 Å². The van der Waals surface area contributed by atoms with Crippen LogP contribution in [0.25, 0.3) is 11.1 Å². The van der Waals surface area contributed by atoms with Crippen LogP contribution in [0.4, 0.5) is 0 Å². The van der Waals surface area contributed by atoms with Crippen LogP contribution in [0.2, 0.25) is 0 Å². The Balaban J connectivity index is 1.91. The maximum absolute atomic E-state index is 12.9. The first-order valence-corrected chi connectivity index (χ1v) is 7.00. The molecule has 0 saturated heterocycles. The largest absolute Gasteiger partial charge is 0.291 e. The number of fused-ring (bicyclic) bond motifs is 3. The lowest BCUT2D eigenvalue weighted by Gasteiger charge is -2.11. The Hall–Kier alpha value is -2.74. The molecule has 0 aliphatic heterocycles. The van der Waals surface area contributed by atoms with E-state index in [0.717, 1.165) is 22.3 Å². The summed E-state index contributed by atoms with van der Waals surface area (Å²) in [6.07, 6.45) is 1.67. The molecular weight excluding hydrogens is 258 g/mol. The Bertz CT molecular complexity index is 778. The number of nitrogens with zero attached hydrogens (tertiary/aromatic N) is 1. The highest BCUT2D eigenvalue weighted by Crippen LogP contribution is 2.45. The molecule has 2 nitrogen and oxygen atoms in total. The van der Waals surface area contributed by atoms with E-state index in [9.17, 15) is 4.79 Å². The highest BCUT2D eigenvalue weighted by Gasteiger charge is 2.34. The van der Waals surface area contributed by atoms with E-state index in [1.54, 1.807) is 12.3 Å². The van der Waals surface area contributed by atoms with Gasteiger partial charge in [0, 0.05) is 6.20 Å². The second-order valence-electron chi connectivity index (χ2n) is 5.19. The highest BCUT2D eigenvalue weighted by molar-refractivity contribution is 6.05. The third-order valence-corrected chi connectivity index (χ3v) is 4.01. The van der Waals surface area contributed by atoms with Gasteiger partial charge in [-0.2, -0.15) is 0 Å². The summed E-state index contributed by atoms with van der Waals surface area (Å²) in [5, 5.41) is 0. The minimum atomic E-state index is -0.243. The van der Waals surface area contributed by atoms with Gasteiger partial charge in [0.25, 0.3) is 0 Å². The minimum absolute atomic E-state index is 0.0630. The van der Waals surface area contributed by atoms with E-state index in [1.807, 2.05) is 48.5 Å². The molecule has 0 fully saturated rings. The Morgan fingerprint density at radius 2 is 1.33 bits per heavy atom. The lowest BCUT2D eigenvalue weighted by atomic mass is 9.91. The molecule has 0 N–H and O–H groups in total. The van der Waals surface area contributed by atoms with Crippen LogP contribution in [0.5, 0.6) is 0 Å². The van der Waals surface area contributed by atoms with Gasteiger partial charge in [-0.3, -0.25) is 9.78 Å². The fourth-order valence-electron chi connectivity index (χ4n) is 3.09. The van der Waals surface area contributed by atoms with Crippen LogP contribution in [-0.4, -0.2) is 10.8 Å². The maximum Gasteiger partial charge on any atom is 0.193 e. The van der Waals surface area contributed by atoms with Crippen molar-refractivity contribution in [1.29, 1.82) is 0 Å². The first kappa shape index (κ1) is 12.0. The number of carbonyl (C=O) groups excluding carboxylic acids is 1. The van der Waals surface area contributed by atoms with Crippen molar-refractivity contribution in [2.24, 2.45) is 0 Å². The Morgan fingerprint density at radius 1 is 0.762 bits per heavy atom. The molecule has 0 atom stereocenters. The summed E-state index contributed by atoms with van der Waals surface area (Å²) in [4.78, 5) is 17.1. The Morgan fingerprint density at radius 3 is 1.90 bits per heavy atom. The molecule has 1 heterocycles. The zero-order chi connectivity index (χ0) is 14.2. The van der Waals surface area contributed by atoms with Crippen molar-refractivity contribution in [3.63, 3.8) is 0 Å². The number of carbonyl (C=O) groups is 1. The number of ketones is 1. The van der Waals surface area contributed by atoms with Crippen molar-refractivity contribution >= 4 is 5.78 Å². The molecule has 0 bridgehead atoms. The molecular formula is C19H13NO. The van der Waals surface area contributed by atoms with Crippen molar-refractivity contribution in [3.8, 4) is 11.1 Å². The zero-order valence-electron chi connectivity index (χ0n) is 11.4. The summed E-state index contributed by atoms with van der Waals surface area (Å²) in [6.45, 7) is 0. The van der Waals surface area contributed by atoms with E-state index in [2.05, 4.69) is 17.1 Å². The van der Waals surface area contributed by atoms with Crippen molar-refractivity contribution in [2.75, 3.05) is 0 Å². The van der Waals surface area contributed by atoms with Gasteiger partial charge >= 0.3 is 0 Å². The van der Waals surface area contributed by atoms with Gasteiger partial charge in [0.15, 0.2) is 5.78 Å². The van der Waals surface area contributed by atoms with Gasteiger partial charge in [-0.05, 0) is 34.4 Å². The van der Waals surface area contributed by atoms with E-state index >= 15 is 0 Å². The third-order valence-electron chi connectivity index (χ3n) is 4.01. The van der Waals surface area contributed by atoms with Gasteiger partial charge in [0.05, 0.1) is 5.92 Å². The van der Waals surface area contributed by atoms with Crippen LogP contribution in [0.15, 0.2) is 72.9 Å². The SMILES string of the molecule is O=C(c1ccccn1)C1c2ccccc2-c2ccccc21. The predicted octanol–water partition coefficient (Wildman–Crippen LogP) is 4.08. The molecule has 0 radical (unpaired) electrons. The van der Waals surface area contributed by atoms with Crippen LogP contribution in [0.1, 0.15) is 27.5 Å². The van der Waals surface area contributed by atoms with Crippen LogP contribution in [0.3, 0.4) is 0 Å². The van der Waals surface area contributed by atoms with E-state index < -0.39 is 0 Å². The molecule has 0 unspecified atom stereocenters. The van der Waals surface area contributed by atoms with E-state index in [1.165, 1.54) is 0 Å². The molecule has 21 heavy (non-hydrogen) atoms. The fourth-order valence-corrected chi connectivity index (χ4v) is 3.09. The van der Waals surface area contributed by atoms with Crippen molar-refractivity contribution in [2.45, 2.75) is 5.92 Å². The normalized spacial score (nSPS) is 12.8. The first-order chi connectivity index (χ1) is 10.4. The van der Waals surface area contributed by atoms with Crippen LogP contribution in [-0.2, 0) is 0 Å². The van der Waals surface area contributed by atoms with Gasteiger partial charge < -0.3 is 0 Å². The summed E-state index contributed by atoms with van der Waals surface area (Å²) in [5.41, 5.74) is 4.99. The molecule has 0 amide bonds. The average Bonchev–Trinajstić information content (AvgIpc) is 2.90. The molecule has 0 spiro atoms. The number of rotatable bonds is 2. The molecule has 1 aliphatic carbocycles. The van der Waals surface area contributed by atoms with E-state index in [4.69, 9.17) is 0 Å². The average molecular weight is 271 g/mol. The van der Waals surface area contributed by atoms with Gasteiger partial charge in [-0.15, -0.1) is 0 Å². The van der Waals surface area contributed by atoms with Crippen molar-refractivity contribution in [1.82, 2.24) is 4.98 Å². The monoisotopic (exact) mass is 271 g/mol. The zero-order valence-corrected chi connectivity index (χ0v) is 11.4. The third kappa shape index (κ3) is 1.80. The van der Waals surface area contributed by atoms with Gasteiger partial charge in [-0.25, -0.2) is 0 Å². The van der Waals surface area contributed by atoms with Crippen LogP contribution in [0, 0.1) is 0 Å². The highest BCUT2D eigenvalue weighted by atomic mass is 16.1. The molecule has 1 aromatic heterocycles. The van der Waals surface area contributed by atoms with Crippen LogP contribution < -0.4 is 0 Å². The molecule has 100 valence electrons. The second kappa shape index (κ2) is 4.67. The maximum atomic E-state index is 12.9. The molecule has 2 aromatic carbocycles. The summed E-state index contributed by atoms with van der Waals surface area (Å²) >= 11 is 0. The van der Waals surface area contributed by atoms with Gasteiger partial charge in [0.1, 0.15) is 5.69 Å². The predicted molar refractivity (Wildman–Crippen MR) is 82.3 cm³/mol. The summed E-state index contributed by atoms with van der Waals surface area (Å²) in [6, 6.07) is 21.7. The molecule has 0 saturated carbocycles. The first-order valence-electron chi connectivity index (χ1n) is 7.00. The number of benzene rings is 2. The van der Waals surface area contributed by atoms with E-state index in [0.29, 0.717) is 5.69 Å². The number of Topliss-reactive ketones (excluding diaryl/α,β-unsaturated/α-hetero) is 1. The minimum Gasteiger partial charge on any atom is -0.291 e. The molecule has 4 rings (SSSR count). The standard InChI is InChI=1S/C19H13NO/c21-19(17-11-5-6-12-20-17)18-15-9-3-1-7-13(15)14-8-2-4-10-16(14)18/h1-12,18H. The number of hydrogen-bond donors (Lipinski definition) is 0. The lowest BCUT2D eigenvalue weighted by molar-refractivity contribution is 0.0970. The van der Waals surface area contributed by atoms with Gasteiger partial charge in [-0.1, -0.05) is 54.6 Å². The quantitative estimate of drug-likeness (QED) is 0.657. The van der Waals surface area contributed by atoms with Crippen molar-refractivity contribution in [3.05, 3.63) is 89.7 Å². The summed E-state index contributed by atoms with van der Waals surface area (Å²) in [7, 11) is 0. The smallest absolute Gasteiger partial charge is 0.193 e. The number of aromatic nitrogens is 1. The van der Waals surface area contributed by atoms with E-state index in [-0.39, 0.29) is 11.7 Å². The lowest BCUT2D eigenvalue weighted by Crippen LogP contribution is -2.13. The topological polar surface area (TPSA) is 30.0 Å². The van der Waals surface area contributed by atoms with Gasteiger partial charge in [0.2, 0.25) is 0 Å². The second-order valence-corrected chi connectivity index (χ2v) is 5.19. The molecule has 1 aliphatic rings. The van der Waals surface area contributed by atoms with Crippen molar-refractivity contribution < 1.29 is 4.79 Å². The number of hydrogen-bond acceptors (Lipinski definition) is 2. The summed E-state index contributed by atoms with van der Waals surface area (Å²) in [5.74, 6) is -0.180. The Kier molecular flexibility index (Phi) is 2.68. The summed E-state index contributed by atoms with van der Waals surface area (Å²) < 4.78 is 0. The molecule has 2 heteroatoms. The molecule has 3 aromatic rings.